The van der Waals surface area contributed by atoms with Crippen molar-refractivity contribution in [1.82, 2.24) is 9.88 Å². The van der Waals surface area contributed by atoms with E-state index in [0.717, 1.165) is 21.7 Å². The highest BCUT2D eigenvalue weighted by Gasteiger charge is 2.24. The fraction of sp³-hybridized carbons (Fsp3) is 0.444. The maximum absolute atomic E-state index is 12.7. The molecular formula is C18H22F2N2OS. The number of aryl methyl sites for hydroxylation is 3. The molecule has 0 fully saturated rings. The summed E-state index contributed by atoms with van der Waals surface area (Å²) in [5, 5.41) is 0.752. The average molecular weight is 352 g/mol. The lowest BCUT2D eigenvalue weighted by Crippen LogP contribution is -2.35. The van der Waals surface area contributed by atoms with E-state index in [1.807, 2.05) is 32.9 Å². The van der Waals surface area contributed by atoms with Gasteiger partial charge in [-0.15, -0.1) is 11.3 Å². The van der Waals surface area contributed by atoms with Gasteiger partial charge in [-0.25, -0.2) is 13.8 Å². The fourth-order valence-corrected chi connectivity index (χ4v) is 3.74. The first-order valence-electron chi connectivity index (χ1n) is 7.96. The molecule has 3 nitrogen and oxygen atoms in total. The molecule has 1 heterocycles. The maximum Gasteiger partial charge on any atom is 0.266 e. The zero-order valence-corrected chi connectivity index (χ0v) is 15.2. The van der Waals surface area contributed by atoms with Crippen LogP contribution in [-0.4, -0.2) is 35.3 Å². The lowest BCUT2D eigenvalue weighted by atomic mass is 10.1. The minimum atomic E-state index is -2.53. The van der Waals surface area contributed by atoms with Crippen LogP contribution in [0.1, 0.15) is 39.8 Å². The van der Waals surface area contributed by atoms with Crippen molar-refractivity contribution < 1.29 is 13.6 Å². The summed E-state index contributed by atoms with van der Waals surface area (Å²) in [6.45, 7) is 7.42. The monoisotopic (exact) mass is 352 g/mol. The highest BCUT2D eigenvalue weighted by molar-refractivity contribution is 7.17. The minimum Gasteiger partial charge on any atom is -0.332 e. The van der Waals surface area contributed by atoms with Crippen molar-refractivity contribution in [3.8, 4) is 10.6 Å². The van der Waals surface area contributed by atoms with Crippen molar-refractivity contribution in [3.05, 3.63) is 39.9 Å². The summed E-state index contributed by atoms with van der Waals surface area (Å²) in [5.74, 6) is -0.358. The van der Waals surface area contributed by atoms with Crippen LogP contribution in [0.25, 0.3) is 10.6 Å². The molecule has 24 heavy (non-hydrogen) atoms. The summed E-state index contributed by atoms with van der Waals surface area (Å²) in [4.78, 5) is 18.8. The SMILES string of the molecule is CCCN(CC(F)F)C(=O)c1sc(-c2ccc(C)cc2C)nc1C. The molecule has 0 spiro atoms. The number of hydrogen-bond acceptors (Lipinski definition) is 3. The third-order valence-electron chi connectivity index (χ3n) is 3.74. The Morgan fingerprint density at radius 2 is 2.00 bits per heavy atom. The van der Waals surface area contributed by atoms with E-state index >= 15 is 0 Å². The van der Waals surface area contributed by atoms with Crippen LogP contribution in [-0.2, 0) is 0 Å². The van der Waals surface area contributed by atoms with Gasteiger partial charge in [-0.05, 0) is 32.8 Å². The van der Waals surface area contributed by atoms with Crippen molar-refractivity contribution >= 4 is 17.2 Å². The molecule has 0 saturated carbocycles. The molecule has 0 atom stereocenters. The second kappa shape index (κ2) is 7.83. The standard InChI is InChI=1S/C18H22F2N2OS/c1-5-8-22(10-15(19)20)18(23)16-13(4)21-17(24-16)14-7-6-11(2)9-12(14)3/h6-7,9,15H,5,8,10H2,1-4H3. The van der Waals surface area contributed by atoms with Gasteiger partial charge in [0.15, 0.2) is 0 Å². The molecule has 0 unspecified atom stereocenters. The summed E-state index contributed by atoms with van der Waals surface area (Å²) in [7, 11) is 0. The number of carbonyl (C=O) groups is 1. The number of amides is 1. The number of rotatable bonds is 6. The first-order chi connectivity index (χ1) is 11.3. The largest absolute Gasteiger partial charge is 0.332 e. The van der Waals surface area contributed by atoms with Crippen molar-refractivity contribution in [3.63, 3.8) is 0 Å². The number of benzene rings is 1. The smallest absolute Gasteiger partial charge is 0.266 e. The predicted molar refractivity (Wildman–Crippen MR) is 94.0 cm³/mol. The quantitative estimate of drug-likeness (QED) is 0.744. The van der Waals surface area contributed by atoms with E-state index in [2.05, 4.69) is 11.1 Å². The molecule has 0 aliphatic carbocycles. The first kappa shape index (κ1) is 18.5. The molecule has 1 aromatic carbocycles. The molecule has 0 aliphatic heterocycles. The molecule has 2 rings (SSSR count). The minimum absolute atomic E-state index is 0.319. The summed E-state index contributed by atoms with van der Waals surface area (Å²) < 4.78 is 25.5. The molecule has 0 radical (unpaired) electrons. The van der Waals surface area contributed by atoms with Gasteiger partial charge in [0.25, 0.3) is 12.3 Å². The number of nitrogens with zero attached hydrogens (tertiary/aromatic N) is 2. The van der Waals surface area contributed by atoms with E-state index in [9.17, 15) is 13.6 Å². The normalized spacial score (nSPS) is 11.1. The van der Waals surface area contributed by atoms with Crippen LogP contribution in [0, 0.1) is 20.8 Å². The third-order valence-corrected chi connectivity index (χ3v) is 4.92. The Morgan fingerprint density at radius 3 is 2.58 bits per heavy atom. The maximum atomic E-state index is 12.7. The molecule has 0 saturated heterocycles. The van der Waals surface area contributed by atoms with Crippen LogP contribution in [0.2, 0.25) is 0 Å². The molecule has 1 amide bonds. The topological polar surface area (TPSA) is 33.2 Å². The Hall–Kier alpha value is -1.82. The van der Waals surface area contributed by atoms with Crippen LogP contribution in [0.5, 0.6) is 0 Å². The summed E-state index contributed by atoms with van der Waals surface area (Å²) >= 11 is 1.27. The highest BCUT2D eigenvalue weighted by atomic mass is 32.1. The van der Waals surface area contributed by atoms with E-state index in [0.29, 0.717) is 23.5 Å². The first-order valence-corrected chi connectivity index (χ1v) is 8.77. The third kappa shape index (κ3) is 4.17. The van der Waals surface area contributed by atoms with Gasteiger partial charge in [0.2, 0.25) is 0 Å². The van der Waals surface area contributed by atoms with E-state index in [-0.39, 0.29) is 5.91 Å². The number of alkyl halides is 2. The Kier molecular flexibility index (Phi) is 6.04. The zero-order chi connectivity index (χ0) is 17.9. The van der Waals surface area contributed by atoms with Gasteiger partial charge in [0, 0.05) is 12.1 Å². The van der Waals surface area contributed by atoms with E-state index < -0.39 is 13.0 Å². The Labute approximate surface area is 145 Å². The molecular weight excluding hydrogens is 330 g/mol. The van der Waals surface area contributed by atoms with Crippen molar-refractivity contribution in [2.75, 3.05) is 13.1 Å². The van der Waals surface area contributed by atoms with E-state index in [4.69, 9.17) is 0 Å². The van der Waals surface area contributed by atoms with Crippen molar-refractivity contribution in [1.29, 1.82) is 0 Å². The molecule has 0 bridgehead atoms. The summed E-state index contributed by atoms with van der Waals surface area (Å²) in [6.07, 6.45) is -1.90. The van der Waals surface area contributed by atoms with E-state index in [1.165, 1.54) is 16.2 Å². The Morgan fingerprint density at radius 1 is 1.29 bits per heavy atom. The number of hydrogen-bond donors (Lipinski definition) is 0. The van der Waals surface area contributed by atoms with Gasteiger partial charge >= 0.3 is 0 Å². The molecule has 2 aromatic rings. The molecule has 130 valence electrons. The van der Waals surface area contributed by atoms with E-state index in [1.54, 1.807) is 6.92 Å². The van der Waals surface area contributed by atoms with Crippen molar-refractivity contribution in [2.45, 2.75) is 40.5 Å². The second-order valence-corrected chi connectivity index (χ2v) is 6.89. The van der Waals surface area contributed by atoms with Crippen molar-refractivity contribution in [2.24, 2.45) is 0 Å². The van der Waals surface area contributed by atoms with Gasteiger partial charge in [-0.1, -0.05) is 30.7 Å². The van der Waals surface area contributed by atoms with Gasteiger partial charge in [-0.3, -0.25) is 4.79 Å². The van der Waals surface area contributed by atoms with Crippen LogP contribution >= 0.6 is 11.3 Å². The number of carbonyl (C=O) groups excluding carboxylic acids is 1. The second-order valence-electron chi connectivity index (χ2n) is 5.89. The van der Waals surface area contributed by atoms with Gasteiger partial charge in [0.05, 0.1) is 12.2 Å². The Balaban J connectivity index is 2.34. The van der Waals surface area contributed by atoms with Gasteiger partial charge in [0.1, 0.15) is 9.88 Å². The number of halogens is 2. The molecule has 0 N–H and O–H groups in total. The average Bonchev–Trinajstić information content (AvgIpc) is 2.87. The van der Waals surface area contributed by atoms with Crippen LogP contribution in [0.3, 0.4) is 0 Å². The highest BCUT2D eigenvalue weighted by Crippen LogP contribution is 2.31. The Bertz CT molecular complexity index is 728. The molecule has 6 heteroatoms. The number of aromatic nitrogens is 1. The lowest BCUT2D eigenvalue weighted by Gasteiger charge is -2.21. The predicted octanol–water partition coefficient (Wildman–Crippen LogP) is 4.85. The molecule has 1 aromatic heterocycles. The van der Waals surface area contributed by atoms with Crippen LogP contribution in [0.15, 0.2) is 18.2 Å². The van der Waals surface area contributed by atoms with Gasteiger partial charge < -0.3 is 4.90 Å². The summed E-state index contributed by atoms with van der Waals surface area (Å²) in [5.41, 5.74) is 3.81. The molecule has 0 aliphatic rings. The van der Waals surface area contributed by atoms with Crippen LogP contribution in [0.4, 0.5) is 8.78 Å². The fourth-order valence-electron chi connectivity index (χ4n) is 2.62. The zero-order valence-electron chi connectivity index (χ0n) is 14.4. The van der Waals surface area contributed by atoms with Crippen LogP contribution < -0.4 is 0 Å². The van der Waals surface area contributed by atoms with Gasteiger partial charge in [-0.2, -0.15) is 0 Å². The number of thiazole rings is 1. The lowest BCUT2D eigenvalue weighted by molar-refractivity contribution is 0.0558. The summed E-state index contributed by atoms with van der Waals surface area (Å²) in [6, 6.07) is 6.05.